The lowest BCUT2D eigenvalue weighted by Crippen LogP contribution is -2.26. The standard InChI is InChI=1S/C22H19Cl2NOS/c1-15(17-6-8-19(23)9-7-17)25-22(26)18-4-2-16(3-5-18)14-27-21-12-10-20(24)11-13-21/h2-13,15H,14H2,1H3,(H,25,26)/t15-/m1/s1. The first-order valence-electron chi connectivity index (χ1n) is 8.55. The SMILES string of the molecule is C[C@@H](NC(=O)c1ccc(CSc2ccc(Cl)cc2)cc1)c1ccc(Cl)cc1. The zero-order valence-corrected chi connectivity index (χ0v) is 17.1. The van der Waals surface area contributed by atoms with Crippen molar-refractivity contribution in [2.24, 2.45) is 0 Å². The van der Waals surface area contributed by atoms with E-state index >= 15 is 0 Å². The average Bonchev–Trinajstić information content (AvgIpc) is 2.68. The molecule has 0 unspecified atom stereocenters. The number of benzene rings is 3. The molecule has 0 saturated heterocycles. The van der Waals surface area contributed by atoms with Gasteiger partial charge >= 0.3 is 0 Å². The molecule has 138 valence electrons. The summed E-state index contributed by atoms with van der Waals surface area (Å²) in [6, 6.07) is 22.9. The van der Waals surface area contributed by atoms with Crippen LogP contribution in [0.25, 0.3) is 0 Å². The van der Waals surface area contributed by atoms with Gasteiger partial charge < -0.3 is 5.32 Å². The van der Waals surface area contributed by atoms with Crippen LogP contribution in [0.15, 0.2) is 77.7 Å². The smallest absolute Gasteiger partial charge is 0.251 e. The van der Waals surface area contributed by atoms with Crippen LogP contribution < -0.4 is 5.32 Å². The number of rotatable bonds is 6. The van der Waals surface area contributed by atoms with Crippen molar-refractivity contribution in [3.05, 3.63) is 99.5 Å². The Morgan fingerprint density at radius 2 is 1.44 bits per heavy atom. The molecule has 5 heteroatoms. The number of carbonyl (C=O) groups excluding carboxylic acids is 1. The molecule has 0 bridgehead atoms. The van der Waals surface area contributed by atoms with E-state index in [4.69, 9.17) is 23.2 Å². The predicted molar refractivity (Wildman–Crippen MR) is 115 cm³/mol. The van der Waals surface area contributed by atoms with Gasteiger partial charge in [0.2, 0.25) is 0 Å². The third kappa shape index (κ3) is 5.77. The molecule has 3 aromatic rings. The van der Waals surface area contributed by atoms with Crippen LogP contribution in [0, 0.1) is 0 Å². The van der Waals surface area contributed by atoms with Crippen LogP contribution in [0.2, 0.25) is 10.0 Å². The van der Waals surface area contributed by atoms with Gasteiger partial charge in [-0.1, -0.05) is 47.5 Å². The molecule has 0 aliphatic rings. The number of hydrogen-bond donors (Lipinski definition) is 1. The van der Waals surface area contributed by atoms with E-state index in [0.29, 0.717) is 10.6 Å². The van der Waals surface area contributed by atoms with Crippen molar-refractivity contribution < 1.29 is 4.79 Å². The summed E-state index contributed by atoms with van der Waals surface area (Å²) in [5.74, 6) is 0.749. The Hall–Kier alpha value is -1.94. The van der Waals surface area contributed by atoms with E-state index in [0.717, 1.165) is 26.8 Å². The van der Waals surface area contributed by atoms with E-state index in [1.54, 1.807) is 11.8 Å². The van der Waals surface area contributed by atoms with Gasteiger partial charge in [-0.05, 0) is 66.6 Å². The Morgan fingerprint density at radius 3 is 2.04 bits per heavy atom. The summed E-state index contributed by atoms with van der Waals surface area (Å²) in [6.07, 6.45) is 0. The van der Waals surface area contributed by atoms with Crippen LogP contribution in [0.5, 0.6) is 0 Å². The van der Waals surface area contributed by atoms with Crippen molar-refractivity contribution in [1.29, 1.82) is 0 Å². The third-order valence-corrected chi connectivity index (χ3v) is 5.74. The molecular formula is C22H19Cl2NOS. The fraction of sp³-hybridized carbons (Fsp3) is 0.136. The Bertz CT molecular complexity index is 893. The second-order valence-corrected chi connectivity index (χ2v) is 8.11. The van der Waals surface area contributed by atoms with Crippen LogP contribution in [-0.2, 0) is 5.75 Å². The van der Waals surface area contributed by atoms with Gasteiger partial charge in [0.1, 0.15) is 0 Å². The van der Waals surface area contributed by atoms with Crippen LogP contribution in [-0.4, -0.2) is 5.91 Å². The van der Waals surface area contributed by atoms with Crippen molar-refractivity contribution >= 4 is 40.9 Å². The fourth-order valence-electron chi connectivity index (χ4n) is 2.56. The van der Waals surface area contributed by atoms with Gasteiger partial charge in [-0.3, -0.25) is 4.79 Å². The number of hydrogen-bond acceptors (Lipinski definition) is 2. The normalized spacial score (nSPS) is 11.8. The van der Waals surface area contributed by atoms with Gasteiger partial charge in [0.05, 0.1) is 6.04 Å². The molecule has 27 heavy (non-hydrogen) atoms. The highest BCUT2D eigenvalue weighted by molar-refractivity contribution is 7.98. The van der Waals surface area contributed by atoms with Gasteiger partial charge in [0, 0.05) is 26.3 Å². The zero-order valence-electron chi connectivity index (χ0n) is 14.8. The van der Waals surface area contributed by atoms with Crippen molar-refractivity contribution in [3.63, 3.8) is 0 Å². The molecule has 2 nitrogen and oxygen atoms in total. The van der Waals surface area contributed by atoms with Crippen molar-refractivity contribution in [2.75, 3.05) is 0 Å². The molecule has 0 heterocycles. The monoisotopic (exact) mass is 415 g/mol. The summed E-state index contributed by atoms with van der Waals surface area (Å²) in [7, 11) is 0. The quantitative estimate of drug-likeness (QED) is 0.449. The average molecular weight is 416 g/mol. The predicted octanol–water partition coefficient (Wildman–Crippen LogP) is 6.78. The highest BCUT2D eigenvalue weighted by Gasteiger charge is 2.11. The molecular weight excluding hydrogens is 397 g/mol. The maximum absolute atomic E-state index is 12.5. The fourth-order valence-corrected chi connectivity index (χ4v) is 3.67. The van der Waals surface area contributed by atoms with Crippen molar-refractivity contribution in [1.82, 2.24) is 5.32 Å². The van der Waals surface area contributed by atoms with Gasteiger partial charge in [0.25, 0.3) is 5.91 Å². The maximum atomic E-state index is 12.5. The lowest BCUT2D eigenvalue weighted by molar-refractivity contribution is 0.0940. The molecule has 0 aliphatic heterocycles. The van der Waals surface area contributed by atoms with E-state index in [1.807, 2.05) is 79.7 Å². The van der Waals surface area contributed by atoms with Gasteiger partial charge in [0.15, 0.2) is 0 Å². The summed E-state index contributed by atoms with van der Waals surface area (Å²) in [6.45, 7) is 1.96. The summed E-state index contributed by atoms with van der Waals surface area (Å²) >= 11 is 13.5. The first kappa shape index (κ1) is 19.8. The summed E-state index contributed by atoms with van der Waals surface area (Å²) < 4.78 is 0. The van der Waals surface area contributed by atoms with Gasteiger partial charge in [-0.15, -0.1) is 11.8 Å². The summed E-state index contributed by atoms with van der Waals surface area (Å²) in [5, 5.41) is 4.44. The number of thioether (sulfide) groups is 1. The van der Waals surface area contributed by atoms with Crippen molar-refractivity contribution in [3.8, 4) is 0 Å². The third-order valence-electron chi connectivity index (χ3n) is 4.15. The number of halogens is 2. The van der Waals surface area contributed by atoms with E-state index < -0.39 is 0 Å². The molecule has 0 radical (unpaired) electrons. The molecule has 0 spiro atoms. The van der Waals surface area contributed by atoms with Crippen LogP contribution in [0.4, 0.5) is 0 Å². The number of nitrogens with one attached hydrogen (secondary N) is 1. The molecule has 1 N–H and O–H groups in total. The Kier molecular flexibility index (Phi) is 6.84. The first-order valence-corrected chi connectivity index (χ1v) is 10.3. The minimum absolute atomic E-state index is 0.0881. The lowest BCUT2D eigenvalue weighted by atomic mass is 10.1. The van der Waals surface area contributed by atoms with E-state index in [9.17, 15) is 4.79 Å². The Balaban J connectivity index is 1.56. The van der Waals surface area contributed by atoms with E-state index in [2.05, 4.69) is 5.32 Å². The molecule has 0 aliphatic carbocycles. The van der Waals surface area contributed by atoms with Crippen LogP contribution in [0.3, 0.4) is 0 Å². The zero-order chi connectivity index (χ0) is 19.2. The van der Waals surface area contributed by atoms with Gasteiger partial charge in [-0.2, -0.15) is 0 Å². The second-order valence-electron chi connectivity index (χ2n) is 6.19. The molecule has 0 fully saturated rings. The molecule has 0 aromatic heterocycles. The Morgan fingerprint density at radius 1 is 0.889 bits per heavy atom. The molecule has 3 rings (SSSR count). The van der Waals surface area contributed by atoms with E-state index in [-0.39, 0.29) is 11.9 Å². The minimum Gasteiger partial charge on any atom is -0.346 e. The van der Waals surface area contributed by atoms with Crippen LogP contribution >= 0.6 is 35.0 Å². The highest BCUT2D eigenvalue weighted by Crippen LogP contribution is 2.24. The largest absolute Gasteiger partial charge is 0.346 e. The molecule has 1 amide bonds. The number of amides is 1. The minimum atomic E-state index is -0.0886. The number of carbonyl (C=O) groups is 1. The summed E-state index contributed by atoms with van der Waals surface area (Å²) in [5.41, 5.74) is 2.83. The highest BCUT2D eigenvalue weighted by atomic mass is 35.5. The van der Waals surface area contributed by atoms with E-state index in [1.165, 1.54) is 0 Å². The molecule has 1 atom stereocenters. The summed E-state index contributed by atoms with van der Waals surface area (Å²) in [4.78, 5) is 13.6. The second kappa shape index (κ2) is 9.32. The molecule has 3 aromatic carbocycles. The maximum Gasteiger partial charge on any atom is 0.251 e. The van der Waals surface area contributed by atoms with Crippen molar-refractivity contribution in [2.45, 2.75) is 23.6 Å². The lowest BCUT2D eigenvalue weighted by Gasteiger charge is -2.14. The molecule has 0 saturated carbocycles. The van der Waals surface area contributed by atoms with Crippen LogP contribution in [0.1, 0.15) is 34.5 Å². The van der Waals surface area contributed by atoms with Gasteiger partial charge in [-0.25, -0.2) is 0 Å². The topological polar surface area (TPSA) is 29.1 Å². The first-order chi connectivity index (χ1) is 13.0. The Labute approximate surface area is 173 Å².